The minimum absolute atomic E-state index is 0.199. The lowest BCUT2D eigenvalue weighted by atomic mass is 9.72. The van der Waals surface area contributed by atoms with Gasteiger partial charge in [0.05, 0.1) is 6.10 Å². The van der Waals surface area contributed by atoms with Crippen molar-refractivity contribution in [2.75, 3.05) is 0 Å². The molecular weight excluding hydrogens is 136 g/mol. The van der Waals surface area contributed by atoms with E-state index in [0.29, 0.717) is 11.8 Å². The number of hydrogen-bond acceptors (Lipinski definition) is 1. The number of aliphatic hydroxyl groups excluding tert-OH is 1. The van der Waals surface area contributed by atoms with Crippen molar-refractivity contribution in [3.8, 4) is 0 Å². The van der Waals surface area contributed by atoms with Gasteiger partial charge in [0.1, 0.15) is 0 Å². The quantitative estimate of drug-likeness (QED) is 0.655. The van der Waals surface area contributed by atoms with Crippen LogP contribution in [0.2, 0.25) is 0 Å². The molecule has 0 spiro atoms. The summed E-state index contributed by atoms with van der Waals surface area (Å²) in [5.41, 5.74) is 0.211. The van der Waals surface area contributed by atoms with Crippen LogP contribution in [0.25, 0.3) is 0 Å². The predicted octanol–water partition coefficient (Wildman–Crippen LogP) is 2.69. The maximum atomic E-state index is 9.52. The number of aliphatic hydroxyl groups is 1. The molecule has 0 aromatic carbocycles. The van der Waals surface area contributed by atoms with E-state index in [4.69, 9.17) is 0 Å². The molecule has 1 N–H and O–H groups in total. The largest absolute Gasteiger partial charge is 0.393 e. The minimum Gasteiger partial charge on any atom is -0.393 e. The van der Waals surface area contributed by atoms with Gasteiger partial charge in [-0.3, -0.25) is 0 Å². The van der Waals surface area contributed by atoms with E-state index in [-0.39, 0.29) is 11.5 Å². The SMILES string of the molecule is CC(C)C(C(C)O)C(C)(C)C. The van der Waals surface area contributed by atoms with Crippen LogP contribution in [0.5, 0.6) is 0 Å². The average molecular weight is 158 g/mol. The third-order valence-electron chi connectivity index (χ3n) is 2.24. The third kappa shape index (κ3) is 3.24. The maximum absolute atomic E-state index is 9.52. The first-order valence-electron chi connectivity index (χ1n) is 4.45. The molecule has 0 saturated carbocycles. The Morgan fingerprint density at radius 1 is 1.00 bits per heavy atom. The van der Waals surface area contributed by atoms with Crippen LogP contribution in [-0.4, -0.2) is 11.2 Å². The zero-order chi connectivity index (χ0) is 9.23. The van der Waals surface area contributed by atoms with Gasteiger partial charge in [-0.15, -0.1) is 0 Å². The predicted molar refractivity (Wildman–Crippen MR) is 49.5 cm³/mol. The lowest BCUT2D eigenvalue weighted by Gasteiger charge is -2.36. The first-order valence-corrected chi connectivity index (χ1v) is 4.45. The molecule has 2 unspecified atom stereocenters. The van der Waals surface area contributed by atoms with E-state index < -0.39 is 0 Å². The van der Waals surface area contributed by atoms with Crippen LogP contribution in [-0.2, 0) is 0 Å². The van der Waals surface area contributed by atoms with Crippen molar-refractivity contribution in [3.05, 3.63) is 0 Å². The fourth-order valence-corrected chi connectivity index (χ4v) is 2.28. The Morgan fingerprint density at radius 2 is 1.36 bits per heavy atom. The van der Waals surface area contributed by atoms with Crippen LogP contribution < -0.4 is 0 Å². The molecule has 0 fully saturated rings. The molecule has 0 aromatic heterocycles. The minimum atomic E-state index is -0.199. The molecule has 0 heterocycles. The number of hydrogen-bond donors (Lipinski definition) is 1. The summed E-state index contributed by atoms with van der Waals surface area (Å²) in [4.78, 5) is 0. The molecule has 1 heteroatoms. The van der Waals surface area contributed by atoms with Crippen LogP contribution in [0.15, 0.2) is 0 Å². The van der Waals surface area contributed by atoms with Gasteiger partial charge in [0.15, 0.2) is 0 Å². The Morgan fingerprint density at radius 3 is 1.36 bits per heavy atom. The Labute approximate surface area is 70.8 Å². The maximum Gasteiger partial charge on any atom is 0.0547 e. The highest BCUT2D eigenvalue weighted by atomic mass is 16.3. The van der Waals surface area contributed by atoms with Crippen molar-refractivity contribution < 1.29 is 5.11 Å². The van der Waals surface area contributed by atoms with E-state index in [0.717, 1.165) is 0 Å². The number of rotatable bonds is 2. The van der Waals surface area contributed by atoms with Crippen molar-refractivity contribution >= 4 is 0 Å². The average Bonchev–Trinajstić information content (AvgIpc) is 1.54. The van der Waals surface area contributed by atoms with Crippen molar-refractivity contribution in [2.24, 2.45) is 17.3 Å². The van der Waals surface area contributed by atoms with Crippen LogP contribution >= 0.6 is 0 Å². The van der Waals surface area contributed by atoms with Gasteiger partial charge in [0.2, 0.25) is 0 Å². The Hall–Kier alpha value is -0.0400. The van der Waals surface area contributed by atoms with Gasteiger partial charge in [-0.05, 0) is 24.2 Å². The van der Waals surface area contributed by atoms with Crippen LogP contribution in [0, 0.1) is 17.3 Å². The first kappa shape index (κ1) is 11.0. The topological polar surface area (TPSA) is 20.2 Å². The summed E-state index contributed by atoms with van der Waals surface area (Å²) in [6.07, 6.45) is -0.199. The van der Waals surface area contributed by atoms with E-state index in [1.807, 2.05) is 6.92 Å². The Balaban J connectivity index is 4.35. The van der Waals surface area contributed by atoms with E-state index in [1.54, 1.807) is 0 Å². The van der Waals surface area contributed by atoms with Crippen LogP contribution in [0.3, 0.4) is 0 Å². The molecule has 2 atom stereocenters. The van der Waals surface area contributed by atoms with Crippen molar-refractivity contribution in [2.45, 2.75) is 47.6 Å². The Bertz CT molecular complexity index is 101. The van der Waals surface area contributed by atoms with E-state index in [2.05, 4.69) is 34.6 Å². The molecule has 0 saturated heterocycles. The van der Waals surface area contributed by atoms with Gasteiger partial charge >= 0.3 is 0 Å². The molecule has 1 nitrogen and oxygen atoms in total. The lowest BCUT2D eigenvalue weighted by molar-refractivity contribution is 0.0258. The lowest BCUT2D eigenvalue weighted by Crippen LogP contribution is -2.34. The van der Waals surface area contributed by atoms with E-state index >= 15 is 0 Å². The summed E-state index contributed by atoms with van der Waals surface area (Å²) in [6, 6.07) is 0. The molecule has 0 aliphatic heterocycles. The molecule has 0 radical (unpaired) electrons. The molecule has 11 heavy (non-hydrogen) atoms. The molecule has 0 amide bonds. The highest BCUT2D eigenvalue weighted by Gasteiger charge is 2.30. The van der Waals surface area contributed by atoms with Crippen molar-refractivity contribution in [3.63, 3.8) is 0 Å². The van der Waals surface area contributed by atoms with Gasteiger partial charge in [0, 0.05) is 0 Å². The second kappa shape index (κ2) is 3.57. The molecular formula is C10H22O. The summed E-state index contributed by atoms with van der Waals surface area (Å²) in [6.45, 7) is 12.8. The standard InChI is InChI=1S/C10H22O/c1-7(2)9(8(3)11)10(4,5)6/h7-9,11H,1-6H3. The molecule has 0 bridgehead atoms. The summed E-state index contributed by atoms with van der Waals surface area (Å²) in [5.74, 6) is 0.942. The normalized spacial score (nSPS) is 18.5. The van der Waals surface area contributed by atoms with Gasteiger partial charge in [0.25, 0.3) is 0 Å². The second-order valence-corrected chi connectivity index (χ2v) is 4.88. The highest BCUT2D eigenvalue weighted by Crippen LogP contribution is 2.34. The van der Waals surface area contributed by atoms with Crippen LogP contribution in [0.1, 0.15) is 41.5 Å². The van der Waals surface area contributed by atoms with Crippen molar-refractivity contribution in [1.29, 1.82) is 0 Å². The van der Waals surface area contributed by atoms with Gasteiger partial charge in [-0.25, -0.2) is 0 Å². The molecule has 0 rings (SSSR count). The molecule has 0 aromatic rings. The molecule has 68 valence electrons. The van der Waals surface area contributed by atoms with Crippen molar-refractivity contribution in [1.82, 2.24) is 0 Å². The van der Waals surface area contributed by atoms with E-state index in [1.165, 1.54) is 0 Å². The summed E-state index contributed by atoms with van der Waals surface area (Å²) < 4.78 is 0. The van der Waals surface area contributed by atoms with Gasteiger partial charge in [-0.1, -0.05) is 34.6 Å². The van der Waals surface area contributed by atoms with Gasteiger partial charge < -0.3 is 5.11 Å². The molecule has 0 aliphatic carbocycles. The molecule has 0 aliphatic rings. The fourth-order valence-electron chi connectivity index (χ4n) is 2.28. The highest BCUT2D eigenvalue weighted by molar-refractivity contribution is 4.80. The van der Waals surface area contributed by atoms with Crippen LogP contribution in [0.4, 0.5) is 0 Å². The third-order valence-corrected chi connectivity index (χ3v) is 2.24. The monoisotopic (exact) mass is 158 g/mol. The summed E-state index contributed by atoms with van der Waals surface area (Å²) >= 11 is 0. The second-order valence-electron chi connectivity index (χ2n) is 4.88. The fraction of sp³-hybridized carbons (Fsp3) is 1.00. The van der Waals surface area contributed by atoms with E-state index in [9.17, 15) is 5.11 Å². The first-order chi connectivity index (χ1) is 4.76. The zero-order valence-corrected chi connectivity index (χ0v) is 8.68. The Kier molecular flexibility index (Phi) is 3.56. The van der Waals surface area contributed by atoms with Gasteiger partial charge in [-0.2, -0.15) is 0 Å². The smallest absolute Gasteiger partial charge is 0.0547 e. The zero-order valence-electron chi connectivity index (χ0n) is 8.68. The summed E-state index contributed by atoms with van der Waals surface area (Å²) in [7, 11) is 0. The summed E-state index contributed by atoms with van der Waals surface area (Å²) in [5, 5.41) is 9.52.